The van der Waals surface area contributed by atoms with Crippen LogP contribution >= 0.6 is 0 Å². The van der Waals surface area contributed by atoms with Gasteiger partial charge in [-0.05, 0) is 30.2 Å². The maximum absolute atomic E-state index is 11.1. The van der Waals surface area contributed by atoms with Crippen molar-refractivity contribution < 1.29 is 17.9 Å². The molecule has 6 heteroatoms. The van der Waals surface area contributed by atoms with Crippen LogP contribution < -0.4 is 9.88 Å². The van der Waals surface area contributed by atoms with Gasteiger partial charge < -0.3 is 4.74 Å². The van der Waals surface area contributed by atoms with Crippen LogP contribution in [0, 0.1) is 0 Å². The van der Waals surface area contributed by atoms with E-state index < -0.39 is 10.0 Å². The Hall–Kier alpha value is -1.40. The van der Waals surface area contributed by atoms with Crippen molar-refractivity contribution in [3.05, 3.63) is 23.8 Å². The van der Waals surface area contributed by atoms with E-state index in [2.05, 4.69) is 0 Å². The second-order valence-electron chi connectivity index (χ2n) is 3.29. The molecule has 0 saturated heterocycles. The molecule has 1 heterocycles. The smallest absolute Gasteiger partial charge is 0.311 e. The minimum absolute atomic E-state index is 0.0409. The topological polar surface area (TPSA) is 86.5 Å². The molecule has 0 aliphatic carbocycles. The summed E-state index contributed by atoms with van der Waals surface area (Å²) in [5.74, 6) is 0.115. The van der Waals surface area contributed by atoms with Crippen LogP contribution in [0.2, 0.25) is 0 Å². The van der Waals surface area contributed by atoms with E-state index >= 15 is 0 Å². The molecule has 1 aromatic rings. The van der Waals surface area contributed by atoms with E-state index in [1.54, 1.807) is 0 Å². The van der Waals surface area contributed by atoms with E-state index in [0.29, 0.717) is 17.7 Å². The number of benzene rings is 1. The van der Waals surface area contributed by atoms with Gasteiger partial charge in [-0.15, -0.1) is 0 Å². The van der Waals surface area contributed by atoms with Gasteiger partial charge in [0.2, 0.25) is 10.0 Å². The SMILES string of the molecule is NS(=O)(=O)c1ccc2c(c1)CCC(=O)O2. The standard InChI is InChI=1S/C9H9NO4S/c10-15(12,13)7-2-3-8-6(5-7)1-4-9(11)14-8/h2-3,5H,1,4H2,(H2,10,12,13). The molecule has 0 amide bonds. The molecule has 0 aromatic heterocycles. The Morgan fingerprint density at radius 1 is 1.27 bits per heavy atom. The van der Waals surface area contributed by atoms with Crippen molar-refractivity contribution >= 4 is 16.0 Å². The first-order chi connectivity index (χ1) is 6.97. The predicted molar refractivity (Wildman–Crippen MR) is 51.8 cm³/mol. The van der Waals surface area contributed by atoms with E-state index in [0.717, 1.165) is 0 Å². The molecule has 2 rings (SSSR count). The Balaban J connectivity index is 2.48. The van der Waals surface area contributed by atoms with Crippen LogP contribution in [0.5, 0.6) is 5.75 Å². The first-order valence-electron chi connectivity index (χ1n) is 4.33. The number of rotatable bonds is 1. The molecule has 0 saturated carbocycles. The predicted octanol–water partition coefficient (Wildman–Crippen LogP) is 0.186. The maximum atomic E-state index is 11.1. The molecule has 0 spiro atoms. The van der Waals surface area contributed by atoms with Crippen molar-refractivity contribution in [2.75, 3.05) is 0 Å². The molecule has 0 atom stereocenters. The highest BCUT2D eigenvalue weighted by molar-refractivity contribution is 7.89. The van der Waals surface area contributed by atoms with Crippen LogP contribution in [0.15, 0.2) is 23.1 Å². The van der Waals surface area contributed by atoms with Crippen LogP contribution in [-0.4, -0.2) is 14.4 Å². The van der Waals surface area contributed by atoms with Gasteiger partial charge in [0.1, 0.15) is 5.75 Å². The number of sulfonamides is 1. The number of ether oxygens (including phenoxy) is 1. The average Bonchev–Trinajstić information content (AvgIpc) is 2.15. The summed E-state index contributed by atoms with van der Waals surface area (Å²) in [4.78, 5) is 11.0. The lowest BCUT2D eigenvalue weighted by Crippen LogP contribution is -2.17. The van der Waals surface area contributed by atoms with Gasteiger partial charge in [0.15, 0.2) is 0 Å². The fourth-order valence-corrected chi connectivity index (χ4v) is 2.00. The number of carbonyl (C=O) groups excluding carboxylic acids is 1. The minimum atomic E-state index is -3.69. The Kier molecular flexibility index (Phi) is 2.24. The van der Waals surface area contributed by atoms with E-state index in [9.17, 15) is 13.2 Å². The van der Waals surface area contributed by atoms with Crippen molar-refractivity contribution in [1.29, 1.82) is 0 Å². The van der Waals surface area contributed by atoms with Gasteiger partial charge in [0.25, 0.3) is 0 Å². The normalized spacial score (nSPS) is 15.7. The number of nitrogens with two attached hydrogens (primary N) is 1. The van der Waals surface area contributed by atoms with E-state index in [1.807, 2.05) is 0 Å². The molecule has 1 aromatic carbocycles. The molecule has 5 nitrogen and oxygen atoms in total. The zero-order chi connectivity index (χ0) is 11.1. The molecule has 0 unspecified atom stereocenters. The first-order valence-corrected chi connectivity index (χ1v) is 5.88. The number of carbonyl (C=O) groups is 1. The van der Waals surface area contributed by atoms with E-state index in [4.69, 9.17) is 9.88 Å². The molecule has 0 radical (unpaired) electrons. The number of aryl methyl sites for hydroxylation is 1. The van der Waals surface area contributed by atoms with Gasteiger partial charge in [0.05, 0.1) is 11.3 Å². The summed E-state index contributed by atoms with van der Waals surface area (Å²) in [5, 5.41) is 4.98. The van der Waals surface area contributed by atoms with E-state index in [-0.39, 0.29) is 17.3 Å². The fourth-order valence-electron chi connectivity index (χ4n) is 1.44. The summed E-state index contributed by atoms with van der Waals surface area (Å²) in [6.07, 6.45) is 0.749. The Bertz CT molecular complexity index is 521. The minimum Gasteiger partial charge on any atom is -0.426 e. The number of hydrogen-bond acceptors (Lipinski definition) is 4. The molecule has 2 N–H and O–H groups in total. The zero-order valence-electron chi connectivity index (χ0n) is 7.76. The third-order valence-electron chi connectivity index (χ3n) is 2.18. The first kappa shape index (κ1) is 10.1. The third-order valence-corrected chi connectivity index (χ3v) is 3.09. The molecule has 80 valence electrons. The quantitative estimate of drug-likeness (QED) is 0.548. The lowest BCUT2D eigenvalue weighted by atomic mass is 10.1. The lowest BCUT2D eigenvalue weighted by molar-refractivity contribution is -0.135. The van der Waals surface area contributed by atoms with Crippen LogP contribution in [0.25, 0.3) is 0 Å². The average molecular weight is 227 g/mol. The summed E-state index contributed by atoms with van der Waals surface area (Å²) >= 11 is 0. The van der Waals surface area contributed by atoms with Crippen molar-refractivity contribution in [2.45, 2.75) is 17.7 Å². The number of hydrogen-bond donors (Lipinski definition) is 1. The Morgan fingerprint density at radius 2 is 2.00 bits per heavy atom. The van der Waals surface area contributed by atoms with Crippen LogP contribution in [0.1, 0.15) is 12.0 Å². The fraction of sp³-hybridized carbons (Fsp3) is 0.222. The largest absolute Gasteiger partial charge is 0.426 e. The Labute approximate surface area is 86.9 Å². The highest BCUT2D eigenvalue weighted by Gasteiger charge is 2.19. The molecule has 1 aliphatic rings. The van der Waals surface area contributed by atoms with Crippen molar-refractivity contribution in [1.82, 2.24) is 0 Å². The summed E-state index contributed by atoms with van der Waals surface area (Å²) in [7, 11) is -3.69. The van der Waals surface area contributed by atoms with Gasteiger partial charge in [-0.25, -0.2) is 13.6 Å². The second kappa shape index (κ2) is 3.32. The third kappa shape index (κ3) is 2.00. The summed E-state index contributed by atoms with van der Waals surface area (Å²) in [6, 6.07) is 4.22. The zero-order valence-corrected chi connectivity index (χ0v) is 8.58. The number of esters is 1. The molecular formula is C9H9NO4S. The van der Waals surface area contributed by atoms with Gasteiger partial charge in [0, 0.05) is 0 Å². The van der Waals surface area contributed by atoms with Crippen LogP contribution in [0.4, 0.5) is 0 Å². The highest BCUT2D eigenvalue weighted by atomic mass is 32.2. The summed E-state index contributed by atoms with van der Waals surface area (Å²) < 4.78 is 27.0. The molecule has 1 aliphatic heterocycles. The second-order valence-corrected chi connectivity index (χ2v) is 4.85. The molecule has 15 heavy (non-hydrogen) atoms. The molecule has 0 bridgehead atoms. The number of primary sulfonamides is 1. The van der Waals surface area contributed by atoms with Crippen molar-refractivity contribution in [3.63, 3.8) is 0 Å². The number of fused-ring (bicyclic) bond motifs is 1. The summed E-state index contributed by atoms with van der Waals surface area (Å²) in [6.45, 7) is 0. The van der Waals surface area contributed by atoms with Crippen molar-refractivity contribution in [2.24, 2.45) is 5.14 Å². The van der Waals surface area contributed by atoms with Gasteiger partial charge in [-0.2, -0.15) is 0 Å². The molecular weight excluding hydrogens is 218 g/mol. The van der Waals surface area contributed by atoms with E-state index in [1.165, 1.54) is 18.2 Å². The van der Waals surface area contributed by atoms with Gasteiger partial charge in [-0.3, -0.25) is 4.79 Å². The lowest BCUT2D eigenvalue weighted by Gasteiger charge is -2.15. The molecule has 0 fully saturated rings. The maximum Gasteiger partial charge on any atom is 0.311 e. The van der Waals surface area contributed by atoms with Crippen LogP contribution in [-0.2, 0) is 21.2 Å². The van der Waals surface area contributed by atoms with Gasteiger partial charge in [-0.1, -0.05) is 0 Å². The van der Waals surface area contributed by atoms with Crippen molar-refractivity contribution in [3.8, 4) is 5.75 Å². The summed E-state index contributed by atoms with van der Waals surface area (Å²) in [5.41, 5.74) is 0.695. The highest BCUT2D eigenvalue weighted by Crippen LogP contribution is 2.27. The van der Waals surface area contributed by atoms with Gasteiger partial charge >= 0.3 is 5.97 Å². The Morgan fingerprint density at radius 3 is 2.67 bits per heavy atom. The monoisotopic (exact) mass is 227 g/mol. The van der Waals surface area contributed by atoms with Crippen LogP contribution in [0.3, 0.4) is 0 Å².